The van der Waals surface area contributed by atoms with Gasteiger partial charge in [0.05, 0.1) is 13.2 Å². The zero-order chi connectivity index (χ0) is 23.5. The van der Waals surface area contributed by atoms with Crippen molar-refractivity contribution in [3.8, 4) is 5.75 Å². The molecule has 7 heteroatoms. The highest BCUT2D eigenvalue weighted by Gasteiger charge is 2.34. The zero-order valence-corrected chi connectivity index (χ0v) is 19.8. The Morgan fingerprint density at radius 2 is 1.94 bits per heavy atom. The Morgan fingerprint density at radius 3 is 2.61 bits per heavy atom. The van der Waals surface area contributed by atoms with Gasteiger partial charge in [-0.2, -0.15) is 0 Å². The maximum atomic E-state index is 13.7. The molecular formula is C26H27FN2O3S. The number of fused-ring (bicyclic) bond motifs is 1. The number of nitrogens with zero attached hydrogens (tertiary/aromatic N) is 2. The van der Waals surface area contributed by atoms with Gasteiger partial charge in [-0.3, -0.25) is 9.59 Å². The molecule has 0 saturated heterocycles. The molecule has 1 aliphatic heterocycles. The number of hydrogen-bond donors (Lipinski definition) is 0. The third-order valence-electron chi connectivity index (χ3n) is 5.98. The lowest BCUT2D eigenvalue weighted by molar-refractivity contribution is -0.134. The van der Waals surface area contributed by atoms with E-state index in [-0.39, 0.29) is 36.0 Å². The fourth-order valence-corrected chi connectivity index (χ4v) is 5.15. The van der Waals surface area contributed by atoms with Crippen LogP contribution in [-0.2, 0) is 11.2 Å². The number of methoxy groups -OCH3 is 1. The van der Waals surface area contributed by atoms with Crippen molar-refractivity contribution in [1.82, 2.24) is 9.80 Å². The van der Waals surface area contributed by atoms with E-state index in [2.05, 4.69) is 11.4 Å². The second-order valence-corrected chi connectivity index (χ2v) is 9.35. The van der Waals surface area contributed by atoms with Crippen molar-refractivity contribution < 1.29 is 18.7 Å². The van der Waals surface area contributed by atoms with Crippen LogP contribution < -0.4 is 4.74 Å². The van der Waals surface area contributed by atoms with E-state index in [9.17, 15) is 14.0 Å². The quantitative estimate of drug-likeness (QED) is 0.518. The number of halogens is 1. The van der Waals surface area contributed by atoms with E-state index in [1.54, 1.807) is 24.5 Å². The number of carbonyl (C=O) groups excluding carboxylic acids is 2. The molecule has 0 spiro atoms. The van der Waals surface area contributed by atoms with Gasteiger partial charge in [0.1, 0.15) is 18.1 Å². The molecule has 5 nitrogen and oxygen atoms in total. The van der Waals surface area contributed by atoms with Crippen LogP contribution in [0.25, 0.3) is 0 Å². The number of rotatable bonds is 6. The minimum atomic E-state index is -0.475. The molecule has 33 heavy (non-hydrogen) atoms. The fraction of sp³-hybridized carbons (Fsp3) is 0.308. The molecule has 2 amide bonds. The minimum absolute atomic E-state index is 0.0703. The lowest BCUT2D eigenvalue weighted by atomic mass is 9.93. The van der Waals surface area contributed by atoms with Crippen LogP contribution in [0, 0.1) is 5.82 Å². The van der Waals surface area contributed by atoms with Gasteiger partial charge < -0.3 is 14.5 Å². The molecular weight excluding hydrogens is 439 g/mol. The van der Waals surface area contributed by atoms with Crippen LogP contribution in [0.15, 0.2) is 60.0 Å². The van der Waals surface area contributed by atoms with Crippen LogP contribution in [0.3, 0.4) is 0 Å². The number of ether oxygens (including phenoxy) is 1. The second kappa shape index (κ2) is 9.75. The Bertz CT molecular complexity index is 1140. The summed E-state index contributed by atoms with van der Waals surface area (Å²) in [5, 5.41) is 2.06. The van der Waals surface area contributed by atoms with Crippen LogP contribution in [0.4, 0.5) is 4.39 Å². The number of amides is 2. The van der Waals surface area contributed by atoms with Crippen molar-refractivity contribution >= 4 is 23.2 Å². The lowest BCUT2D eigenvalue weighted by Gasteiger charge is -2.38. The highest BCUT2D eigenvalue weighted by atomic mass is 32.1. The summed E-state index contributed by atoms with van der Waals surface area (Å²) in [5.74, 6) is -0.209. The maximum Gasteiger partial charge on any atom is 0.254 e. The molecule has 3 aromatic rings. The van der Waals surface area contributed by atoms with Crippen molar-refractivity contribution in [2.24, 2.45) is 0 Å². The standard InChI is InChI=1S/C26H27FN2O3S/c1-17(2)29(26(31)19-5-4-6-20(27)15-19)16-24(30)28-13-11-23-22(12-14-33-23)25(28)18-7-9-21(32-3)10-8-18/h4-10,12,14-15,17,25H,11,13,16H2,1-3H3. The topological polar surface area (TPSA) is 49.9 Å². The van der Waals surface area contributed by atoms with Gasteiger partial charge in [0.2, 0.25) is 5.91 Å². The molecule has 1 aromatic heterocycles. The van der Waals surface area contributed by atoms with E-state index in [1.165, 1.54) is 28.0 Å². The summed E-state index contributed by atoms with van der Waals surface area (Å²) in [5.41, 5.74) is 2.36. The largest absolute Gasteiger partial charge is 0.497 e. The molecule has 0 saturated carbocycles. The molecule has 0 N–H and O–H groups in total. The Balaban J connectivity index is 1.62. The number of carbonyl (C=O) groups is 2. The Morgan fingerprint density at radius 1 is 1.18 bits per heavy atom. The van der Waals surface area contributed by atoms with Gasteiger partial charge in [-0.15, -0.1) is 11.3 Å². The second-order valence-electron chi connectivity index (χ2n) is 8.35. The minimum Gasteiger partial charge on any atom is -0.497 e. The summed E-state index contributed by atoms with van der Waals surface area (Å²) in [6, 6.07) is 15.0. The predicted molar refractivity (Wildman–Crippen MR) is 127 cm³/mol. The molecule has 0 fully saturated rings. The SMILES string of the molecule is COc1ccc(C2c3ccsc3CCN2C(=O)CN(C(=O)c2cccc(F)c2)C(C)C)cc1. The first-order chi connectivity index (χ1) is 15.9. The van der Waals surface area contributed by atoms with Crippen molar-refractivity contribution in [1.29, 1.82) is 0 Å². The zero-order valence-electron chi connectivity index (χ0n) is 19.0. The monoisotopic (exact) mass is 466 g/mol. The van der Waals surface area contributed by atoms with E-state index in [4.69, 9.17) is 4.74 Å². The van der Waals surface area contributed by atoms with Gasteiger partial charge in [0.25, 0.3) is 5.91 Å². The highest BCUT2D eigenvalue weighted by molar-refractivity contribution is 7.10. The molecule has 1 aliphatic rings. The summed E-state index contributed by atoms with van der Waals surface area (Å²) in [4.78, 5) is 31.3. The van der Waals surface area contributed by atoms with Gasteiger partial charge >= 0.3 is 0 Å². The summed E-state index contributed by atoms with van der Waals surface area (Å²) < 4.78 is 19.0. The number of hydrogen-bond acceptors (Lipinski definition) is 4. The van der Waals surface area contributed by atoms with Crippen LogP contribution in [-0.4, -0.2) is 47.9 Å². The van der Waals surface area contributed by atoms with Crippen LogP contribution in [0.5, 0.6) is 5.75 Å². The first-order valence-corrected chi connectivity index (χ1v) is 11.8. The third-order valence-corrected chi connectivity index (χ3v) is 6.98. The average molecular weight is 467 g/mol. The summed E-state index contributed by atoms with van der Waals surface area (Å²) in [6.07, 6.45) is 0.783. The van der Waals surface area contributed by atoms with Gasteiger partial charge in [-0.25, -0.2) is 4.39 Å². The van der Waals surface area contributed by atoms with E-state index in [0.717, 1.165) is 23.3 Å². The molecule has 1 unspecified atom stereocenters. The Kier molecular flexibility index (Phi) is 6.79. The predicted octanol–water partition coefficient (Wildman–Crippen LogP) is 4.92. The fourth-order valence-electron chi connectivity index (χ4n) is 4.24. The first-order valence-electron chi connectivity index (χ1n) is 10.9. The average Bonchev–Trinajstić information content (AvgIpc) is 3.30. The van der Waals surface area contributed by atoms with Gasteiger partial charge in [0, 0.05) is 23.0 Å². The van der Waals surface area contributed by atoms with E-state index < -0.39 is 5.82 Å². The van der Waals surface area contributed by atoms with Crippen molar-refractivity contribution in [2.45, 2.75) is 32.4 Å². The number of thiophene rings is 1. The molecule has 2 aromatic carbocycles. The Hall–Kier alpha value is -3.19. The van der Waals surface area contributed by atoms with E-state index >= 15 is 0 Å². The van der Waals surface area contributed by atoms with Gasteiger partial charge in [0.15, 0.2) is 0 Å². The van der Waals surface area contributed by atoms with Crippen molar-refractivity contribution in [3.63, 3.8) is 0 Å². The maximum absolute atomic E-state index is 13.7. The van der Waals surface area contributed by atoms with Crippen LogP contribution in [0.1, 0.15) is 46.3 Å². The number of benzene rings is 2. The lowest BCUT2D eigenvalue weighted by Crippen LogP contribution is -2.48. The first kappa shape index (κ1) is 23.0. The molecule has 2 heterocycles. The Labute approximate surface area is 197 Å². The van der Waals surface area contributed by atoms with Crippen LogP contribution in [0.2, 0.25) is 0 Å². The summed E-state index contributed by atoms with van der Waals surface area (Å²) in [6.45, 7) is 4.22. The normalized spacial score (nSPS) is 15.3. The van der Waals surface area contributed by atoms with Crippen molar-refractivity contribution in [2.75, 3.05) is 20.2 Å². The van der Waals surface area contributed by atoms with Gasteiger partial charge in [-0.1, -0.05) is 18.2 Å². The molecule has 4 rings (SSSR count). The molecule has 172 valence electrons. The highest BCUT2D eigenvalue weighted by Crippen LogP contribution is 2.38. The van der Waals surface area contributed by atoms with Crippen LogP contribution >= 0.6 is 11.3 Å². The van der Waals surface area contributed by atoms with E-state index in [1.807, 2.05) is 43.0 Å². The van der Waals surface area contributed by atoms with E-state index in [0.29, 0.717) is 6.54 Å². The summed E-state index contributed by atoms with van der Waals surface area (Å²) >= 11 is 1.70. The molecule has 0 radical (unpaired) electrons. The van der Waals surface area contributed by atoms with Gasteiger partial charge in [-0.05, 0) is 73.2 Å². The summed E-state index contributed by atoms with van der Waals surface area (Å²) in [7, 11) is 1.62. The van der Waals surface area contributed by atoms with Crippen molar-refractivity contribution in [3.05, 3.63) is 87.4 Å². The molecule has 0 aliphatic carbocycles. The molecule has 0 bridgehead atoms. The smallest absolute Gasteiger partial charge is 0.254 e. The third kappa shape index (κ3) is 4.78. The molecule has 1 atom stereocenters.